The number of ether oxygens (including phenoxy) is 5. The van der Waals surface area contributed by atoms with E-state index in [-0.39, 0.29) is 5.48 Å². The van der Waals surface area contributed by atoms with Crippen molar-refractivity contribution in [2.75, 3.05) is 19.8 Å². The third kappa shape index (κ3) is 6.08. The highest BCUT2D eigenvalue weighted by molar-refractivity contribution is 4.96. The molecule has 3 heterocycles. The highest BCUT2D eigenvalue weighted by Crippen LogP contribution is 2.32. The van der Waals surface area contributed by atoms with E-state index >= 15 is 0 Å². The zero-order chi connectivity index (χ0) is 25.3. The van der Waals surface area contributed by atoms with Gasteiger partial charge in [0.15, 0.2) is 18.9 Å². The molecule has 3 rings (SSSR count). The molecule has 17 heteroatoms. The lowest BCUT2D eigenvalue weighted by Gasteiger charge is -2.47. The molecule has 0 amide bonds. The molecule has 15 atom stereocenters. The van der Waals surface area contributed by atoms with E-state index in [0.29, 0.717) is 0 Å². The van der Waals surface area contributed by atoms with Crippen LogP contribution in [0.15, 0.2) is 0 Å². The van der Waals surface area contributed by atoms with Crippen molar-refractivity contribution >= 4 is 0 Å². The second kappa shape index (κ2) is 12.7. The van der Waals surface area contributed by atoms with Gasteiger partial charge in [-0.05, 0) is 0 Å². The molecule has 3 aliphatic rings. The summed E-state index contributed by atoms with van der Waals surface area (Å²) in [5.41, 5.74) is 0. The van der Waals surface area contributed by atoms with E-state index in [0.717, 1.165) is 0 Å². The summed E-state index contributed by atoms with van der Waals surface area (Å²) in [6.07, 6.45) is -25.1. The Balaban J connectivity index is 0.00000432. The molecule has 0 aromatic rings. The van der Waals surface area contributed by atoms with E-state index in [1.165, 1.54) is 0 Å². The van der Waals surface area contributed by atoms with Gasteiger partial charge in [-0.1, -0.05) is 0 Å². The quantitative estimate of drug-likeness (QED) is 0.148. The normalized spacial score (nSPS) is 51.0. The molecule has 0 radical (unpaired) electrons. The largest absolute Gasteiger partial charge is 0.412 e. The smallest absolute Gasteiger partial charge is 0.187 e. The van der Waals surface area contributed by atoms with Gasteiger partial charge in [-0.15, -0.1) is 0 Å². The molecule has 17 nitrogen and oxygen atoms in total. The lowest BCUT2D eigenvalue weighted by atomic mass is 9.96. The topological polar surface area (TPSA) is 300 Å². The Kier molecular flexibility index (Phi) is 11.1. The Morgan fingerprint density at radius 2 is 0.857 bits per heavy atom. The molecule has 1 unspecified atom stereocenters. The van der Waals surface area contributed by atoms with Crippen molar-refractivity contribution in [2.45, 2.75) is 92.1 Å². The minimum Gasteiger partial charge on any atom is -0.412 e. The zero-order valence-electron chi connectivity index (χ0n) is 18.2. The van der Waals surface area contributed by atoms with E-state index in [9.17, 15) is 56.2 Å². The summed E-state index contributed by atoms with van der Waals surface area (Å²) in [7, 11) is 0. The third-order valence-electron chi connectivity index (χ3n) is 6.09. The summed E-state index contributed by atoms with van der Waals surface area (Å²) in [5.74, 6) is 0. The highest BCUT2D eigenvalue weighted by atomic mass is 16.8. The van der Waals surface area contributed by atoms with Crippen molar-refractivity contribution in [3.8, 4) is 0 Å². The number of aliphatic hydroxyl groups is 11. The molecular formula is C18H34O17. The fourth-order valence-electron chi connectivity index (χ4n) is 4.06. The van der Waals surface area contributed by atoms with Gasteiger partial charge in [0.2, 0.25) is 0 Å². The van der Waals surface area contributed by atoms with Crippen LogP contribution < -0.4 is 0 Å². The summed E-state index contributed by atoms with van der Waals surface area (Å²) < 4.78 is 26.4. The standard InChI is InChI=1S/C18H32O16.H2O/c19-1-4-7(22)8(23)12(27)17(31-4)34-15-6(3-21)32-18(13(28)10(15)25)33-14-5(2-20)30-16(29)11(26)9(14)24;/h4-29H,1-3H2;1H2/t4-,5-,6-,7-,8+,9-,10-,11-,12-,13-,14-,15-,16?,17-,18-;/m1./s1. The lowest BCUT2D eigenvalue weighted by molar-refractivity contribution is -0.377. The molecular weight excluding hydrogens is 488 g/mol. The Morgan fingerprint density at radius 1 is 0.457 bits per heavy atom. The Hall–Kier alpha value is -0.680. The predicted molar refractivity (Wildman–Crippen MR) is 105 cm³/mol. The van der Waals surface area contributed by atoms with Gasteiger partial charge in [-0.2, -0.15) is 0 Å². The van der Waals surface area contributed by atoms with Crippen LogP contribution in [0.1, 0.15) is 0 Å². The van der Waals surface area contributed by atoms with Crippen LogP contribution in [0.2, 0.25) is 0 Å². The maximum Gasteiger partial charge on any atom is 0.187 e. The average molecular weight is 522 g/mol. The van der Waals surface area contributed by atoms with Gasteiger partial charge in [0.1, 0.15) is 73.2 Å². The molecule has 0 bridgehead atoms. The van der Waals surface area contributed by atoms with Crippen LogP contribution in [0, 0.1) is 0 Å². The minimum absolute atomic E-state index is 0. The fraction of sp³-hybridized carbons (Fsp3) is 1.00. The summed E-state index contributed by atoms with van der Waals surface area (Å²) in [6.45, 7) is -2.32. The van der Waals surface area contributed by atoms with Crippen LogP contribution in [0.3, 0.4) is 0 Å². The first-order valence-corrected chi connectivity index (χ1v) is 10.6. The number of hydrogen-bond donors (Lipinski definition) is 11. The highest BCUT2D eigenvalue weighted by Gasteiger charge is 2.53. The Morgan fingerprint density at radius 3 is 1.34 bits per heavy atom. The van der Waals surface area contributed by atoms with Crippen LogP contribution in [-0.2, 0) is 23.7 Å². The Labute approximate surface area is 198 Å². The van der Waals surface area contributed by atoms with E-state index in [1.807, 2.05) is 0 Å². The molecule has 208 valence electrons. The van der Waals surface area contributed by atoms with Crippen LogP contribution in [0.5, 0.6) is 0 Å². The predicted octanol–water partition coefficient (Wildman–Crippen LogP) is -8.40. The molecule has 0 aliphatic carbocycles. The SMILES string of the molecule is O.OC[C@H]1O[C@H](O[C@H]2[C@H](O)[C@@H](O)[C@@H](O[C@H]3[C@H](O)[C@@H](O)C(O)O[C@@H]3CO)O[C@@H]2CO)[C@H](O)[C@@H](O)[C@@H]1O. The van der Waals surface area contributed by atoms with Gasteiger partial charge in [-0.25, -0.2) is 0 Å². The van der Waals surface area contributed by atoms with Crippen molar-refractivity contribution in [2.24, 2.45) is 0 Å². The number of rotatable bonds is 7. The maximum absolute atomic E-state index is 10.6. The maximum atomic E-state index is 10.6. The lowest BCUT2D eigenvalue weighted by Crippen LogP contribution is -2.66. The first kappa shape index (κ1) is 30.5. The van der Waals surface area contributed by atoms with E-state index in [2.05, 4.69) is 0 Å². The van der Waals surface area contributed by atoms with Crippen LogP contribution in [0.4, 0.5) is 0 Å². The van der Waals surface area contributed by atoms with Gasteiger partial charge in [0, 0.05) is 0 Å². The molecule has 0 aromatic heterocycles. The molecule has 3 fully saturated rings. The van der Waals surface area contributed by atoms with Gasteiger partial charge in [0.25, 0.3) is 0 Å². The fourth-order valence-corrected chi connectivity index (χ4v) is 4.06. The van der Waals surface area contributed by atoms with E-state index in [1.54, 1.807) is 0 Å². The van der Waals surface area contributed by atoms with Crippen molar-refractivity contribution in [1.82, 2.24) is 0 Å². The Bertz CT molecular complexity index is 636. The second-order valence-electron chi connectivity index (χ2n) is 8.33. The van der Waals surface area contributed by atoms with Gasteiger partial charge < -0.3 is 85.3 Å². The van der Waals surface area contributed by atoms with E-state index < -0.39 is 112 Å². The minimum atomic E-state index is -1.91. The number of aliphatic hydroxyl groups excluding tert-OH is 11. The van der Waals surface area contributed by atoms with Gasteiger partial charge >= 0.3 is 0 Å². The average Bonchev–Trinajstić information content (AvgIpc) is 2.83. The van der Waals surface area contributed by atoms with Crippen molar-refractivity contribution in [3.05, 3.63) is 0 Å². The third-order valence-corrected chi connectivity index (χ3v) is 6.09. The molecule has 3 saturated heterocycles. The monoisotopic (exact) mass is 522 g/mol. The van der Waals surface area contributed by atoms with Gasteiger partial charge in [-0.3, -0.25) is 0 Å². The second-order valence-corrected chi connectivity index (χ2v) is 8.33. The zero-order valence-corrected chi connectivity index (χ0v) is 18.2. The van der Waals surface area contributed by atoms with Crippen molar-refractivity contribution < 1.29 is 85.3 Å². The molecule has 0 spiro atoms. The molecule has 35 heavy (non-hydrogen) atoms. The van der Waals surface area contributed by atoms with Crippen LogP contribution in [0.25, 0.3) is 0 Å². The number of hydrogen-bond acceptors (Lipinski definition) is 16. The van der Waals surface area contributed by atoms with Crippen LogP contribution >= 0.6 is 0 Å². The molecule has 3 aliphatic heterocycles. The van der Waals surface area contributed by atoms with E-state index in [4.69, 9.17) is 23.7 Å². The first-order valence-electron chi connectivity index (χ1n) is 10.6. The molecule has 0 aromatic carbocycles. The van der Waals surface area contributed by atoms with Crippen molar-refractivity contribution in [1.29, 1.82) is 0 Å². The summed E-state index contributed by atoms with van der Waals surface area (Å²) in [4.78, 5) is 0. The molecule has 0 saturated carbocycles. The van der Waals surface area contributed by atoms with Gasteiger partial charge in [0.05, 0.1) is 19.8 Å². The summed E-state index contributed by atoms with van der Waals surface area (Å²) >= 11 is 0. The summed E-state index contributed by atoms with van der Waals surface area (Å²) in [5, 5.41) is 109. The van der Waals surface area contributed by atoms with Crippen LogP contribution in [-0.4, -0.2) is 174 Å². The first-order chi connectivity index (χ1) is 16.0. The molecule has 13 N–H and O–H groups in total. The van der Waals surface area contributed by atoms with Crippen molar-refractivity contribution in [3.63, 3.8) is 0 Å². The summed E-state index contributed by atoms with van der Waals surface area (Å²) in [6, 6.07) is 0.